The van der Waals surface area contributed by atoms with Crippen LogP contribution in [0.2, 0.25) is 0 Å². The molecular formula is C35H40BrN3O7. The van der Waals surface area contributed by atoms with Crippen LogP contribution in [-0.4, -0.2) is 87.4 Å². The van der Waals surface area contributed by atoms with Crippen molar-refractivity contribution in [3.8, 4) is 0 Å². The summed E-state index contributed by atoms with van der Waals surface area (Å²) in [4.78, 5) is 57.7. The molecule has 0 aliphatic carbocycles. The van der Waals surface area contributed by atoms with Gasteiger partial charge in [0.15, 0.2) is 0 Å². The number of halogens is 1. The molecule has 0 radical (unpaired) electrons. The van der Waals surface area contributed by atoms with Crippen LogP contribution in [0.15, 0.2) is 86.0 Å². The first kappa shape index (κ1) is 33.6. The third-order valence-electron chi connectivity index (χ3n) is 9.00. The lowest BCUT2D eigenvalue weighted by Crippen LogP contribution is -2.56. The first-order chi connectivity index (χ1) is 22.2. The molecule has 1 unspecified atom stereocenters. The number of amides is 3. The molecule has 2 aromatic rings. The molecule has 46 heavy (non-hydrogen) atoms. The summed E-state index contributed by atoms with van der Waals surface area (Å²) in [6, 6.07) is 17.5. The van der Waals surface area contributed by atoms with Crippen LogP contribution in [0.25, 0.3) is 0 Å². The van der Waals surface area contributed by atoms with Gasteiger partial charge < -0.3 is 29.7 Å². The van der Waals surface area contributed by atoms with E-state index in [1.807, 2.05) is 48.5 Å². The van der Waals surface area contributed by atoms with Gasteiger partial charge in [-0.05, 0) is 24.0 Å². The second kappa shape index (κ2) is 14.7. The Morgan fingerprint density at radius 3 is 2.48 bits per heavy atom. The van der Waals surface area contributed by atoms with Crippen molar-refractivity contribution in [2.75, 3.05) is 26.2 Å². The molecule has 3 heterocycles. The average molecular weight is 695 g/mol. The minimum atomic E-state index is -1.30. The van der Waals surface area contributed by atoms with Crippen LogP contribution in [0.3, 0.4) is 0 Å². The van der Waals surface area contributed by atoms with Crippen LogP contribution in [0.4, 0.5) is 0 Å². The number of alkyl halides is 1. The maximum Gasteiger partial charge on any atom is 0.313 e. The Kier molecular flexibility index (Phi) is 10.8. The topological polar surface area (TPSA) is 125 Å². The molecular weight excluding hydrogens is 654 g/mol. The van der Waals surface area contributed by atoms with Gasteiger partial charge in [0.05, 0.1) is 31.1 Å². The van der Waals surface area contributed by atoms with Crippen molar-refractivity contribution >= 4 is 39.6 Å². The fourth-order valence-electron chi connectivity index (χ4n) is 7.03. The van der Waals surface area contributed by atoms with Gasteiger partial charge in [0, 0.05) is 30.9 Å². The Hall–Kier alpha value is -3.80. The van der Waals surface area contributed by atoms with E-state index < -0.39 is 47.6 Å². The molecule has 3 fully saturated rings. The number of hydrogen-bond acceptors (Lipinski definition) is 7. The lowest BCUT2D eigenvalue weighted by molar-refractivity contribution is -0.160. The molecule has 11 heteroatoms. The number of allylic oxidation sites excluding steroid dienone is 1. The number of β-amino-alcohol motifs (C(OH)–C–C–N with tert-alkyl or cyclic N) is 1. The van der Waals surface area contributed by atoms with Gasteiger partial charge in [-0.3, -0.25) is 19.2 Å². The maximum atomic E-state index is 14.4. The molecule has 244 valence electrons. The zero-order valence-electron chi connectivity index (χ0n) is 25.6. The predicted molar refractivity (Wildman–Crippen MR) is 174 cm³/mol. The number of nitrogens with zero attached hydrogens (tertiary/aromatic N) is 2. The van der Waals surface area contributed by atoms with Crippen molar-refractivity contribution in [3.63, 3.8) is 0 Å². The number of aliphatic hydroxyl groups excluding tert-OH is 1. The van der Waals surface area contributed by atoms with E-state index in [4.69, 9.17) is 9.47 Å². The Morgan fingerprint density at radius 1 is 1.13 bits per heavy atom. The van der Waals surface area contributed by atoms with E-state index in [1.165, 1.54) is 4.90 Å². The van der Waals surface area contributed by atoms with Crippen molar-refractivity contribution in [1.82, 2.24) is 15.1 Å². The molecule has 3 aliphatic heterocycles. The van der Waals surface area contributed by atoms with Gasteiger partial charge in [0.2, 0.25) is 17.7 Å². The average Bonchev–Trinajstić information content (AvgIpc) is 3.65. The van der Waals surface area contributed by atoms with Crippen LogP contribution in [0.1, 0.15) is 36.5 Å². The molecule has 0 saturated carbocycles. The number of carbonyl (C=O) groups excluding carboxylic acids is 4. The third-order valence-corrected chi connectivity index (χ3v) is 9.85. The molecule has 7 atom stereocenters. The van der Waals surface area contributed by atoms with Crippen molar-refractivity contribution in [1.29, 1.82) is 0 Å². The number of hydrogen-bond donors (Lipinski definition) is 2. The van der Waals surface area contributed by atoms with Crippen molar-refractivity contribution in [3.05, 3.63) is 97.1 Å². The van der Waals surface area contributed by atoms with Gasteiger partial charge in [-0.2, -0.15) is 0 Å². The molecule has 0 aromatic heterocycles. The fourth-order valence-corrected chi connectivity index (χ4v) is 7.98. The Labute approximate surface area is 277 Å². The monoisotopic (exact) mass is 693 g/mol. The fraction of sp³-hybridized carbons (Fsp3) is 0.429. The largest absolute Gasteiger partial charge is 0.455 e. The molecule has 5 rings (SSSR count). The number of esters is 1. The summed E-state index contributed by atoms with van der Waals surface area (Å²) in [5.41, 5.74) is 0.288. The third kappa shape index (κ3) is 6.54. The van der Waals surface area contributed by atoms with E-state index in [0.717, 1.165) is 5.56 Å². The van der Waals surface area contributed by atoms with Crippen LogP contribution in [-0.2, 0) is 35.2 Å². The lowest BCUT2D eigenvalue weighted by atomic mass is 9.70. The van der Waals surface area contributed by atoms with Crippen molar-refractivity contribution < 1.29 is 33.8 Å². The zero-order valence-corrected chi connectivity index (χ0v) is 27.2. The SMILES string of the molecule is C=CCCC(=O)NC[C@@H](OC(=O)[C@@H]1[C@H]2O[C@@]3(CC2Br)[C@H](C(=O)N(CC=C)Cc2ccccc2)N(CCO)C(=O)[C@@H]13)c1ccccc1. The highest BCUT2D eigenvalue weighted by atomic mass is 79.9. The second-order valence-electron chi connectivity index (χ2n) is 11.9. The van der Waals surface area contributed by atoms with Gasteiger partial charge >= 0.3 is 5.97 Å². The molecule has 2 bridgehead atoms. The summed E-state index contributed by atoms with van der Waals surface area (Å²) in [6.07, 6.45) is 2.85. The lowest BCUT2D eigenvalue weighted by Gasteiger charge is -2.37. The van der Waals surface area contributed by atoms with Crippen LogP contribution < -0.4 is 5.32 Å². The number of likely N-dealkylation sites (tertiary alicyclic amines) is 1. The van der Waals surface area contributed by atoms with E-state index in [2.05, 4.69) is 34.4 Å². The van der Waals surface area contributed by atoms with E-state index in [1.54, 1.807) is 29.2 Å². The Balaban J connectivity index is 1.44. The normalized spacial score (nSPS) is 26.7. The van der Waals surface area contributed by atoms with Gasteiger partial charge in [-0.25, -0.2) is 0 Å². The number of aliphatic hydroxyl groups is 1. The summed E-state index contributed by atoms with van der Waals surface area (Å²) in [5, 5.41) is 12.8. The van der Waals surface area contributed by atoms with Crippen molar-refractivity contribution in [2.45, 2.75) is 54.5 Å². The number of nitrogens with one attached hydrogen (secondary N) is 1. The summed E-state index contributed by atoms with van der Waals surface area (Å²) in [7, 11) is 0. The molecule has 2 N–H and O–H groups in total. The Morgan fingerprint density at radius 2 is 1.83 bits per heavy atom. The molecule has 3 aliphatic rings. The number of ether oxygens (including phenoxy) is 2. The van der Waals surface area contributed by atoms with E-state index in [0.29, 0.717) is 18.4 Å². The standard InChI is InChI=1S/C35H40BrN3O7/c1-3-5-16-27(41)37-21-26(24-14-10-7-11-15-24)45-34(44)28-29-32(42)39(18-19-40)31(35(29)20-25(36)30(28)46-35)33(43)38(17-4-2)22-23-12-8-6-9-13-23/h3-4,6-15,25-26,28-31,40H,1-2,5,16-22H2,(H,37,41)/t25?,26-,28+,29-,30+,31+,35-/m1/s1. The zero-order chi connectivity index (χ0) is 32.8. The van der Waals surface area contributed by atoms with Crippen LogP contribution >= 0.6 is 15.9 Å². The number of fused-ring (bicyclic) bond motifs is 1. The number of carbonyl (C=O) groups is 4. The smallest absolute Gasteiger partial charge is 0.313 e. The van der Waals surface area contributed by atoms with E-state index >= 15 is 0 Å². The van der Waals surface area contributed by atoms with Gasteiger partial charge in [0.1, 0.15) is 17.7 Å². The van der Waals surface area contributed by atoms with Crippen molar-refractivity contribution in [2.24, 2.45) is 11.8 Å². The predicted octanol–water partition coefficient (Wildman–Crippen LogP) is 3.31. The minimum Gasteiger partial charge on any atom is -0.455 e. The second-order valence-corrected chi connectivity index (χ2v) is 13.1. The first-order valence-corrected chi connectivity index (χ1v) is 16.5. The molecule has 3 saturated heterocycles. The van der Waals surface area contributed by atoms with E-state index in [9.17, 15) is 24.3 Å². The summed E-state index contributed by atoms with van der Waals surface area (Å²) >= 11 is 3.68. The van der Waals surface area contributed by atoms with Gasteiger partial charge in [0.25, 0.3) is 0 Å². The maximum absolute atomic E-state index is 14.4. The first-order valence-electron chi connectivity index (χ1n) is 15.6. The van der Waals surface area contributed by atoms with Gasteiger partial charge in [-0.1, -0.05) is 88.7 Å². The molecule has 1 spiro atoms. The van der Waals surface area contributed by atoms with Crippen LogP contribution in [0.5, 0.6) is 0 Å². The number of benzene rings is 2. The molecule has 10 nitrogen and oxygen atoms in total. The highest BCUT2D eigenvalue weighted by Crippen LogP contribution is 2.60. The molecule has 2 aromatic carbocycles. The highest BCUT2D eigenvalue weighted by Gasteiger charge is 2.77. The summed E-state index contributed by atoms with van der Waals surface area (Å²) < 4.78 is 12.7. The summed E-state index contributed by atoms with van der Waals surface area (Å²) in [5.74, 6) is -3.61. The molecule has 3 amide bonds. The minimum absolute atomic E-state index is 0.0409. The number of rotatable bonds is 15. The quantitative estimate of drug-likeness (QED) is 0.167. The summed E-state index contributed by atoms with van der Waals surface area (Å²) in [6.45, 7) is 7.58. The van der Waals surface area contributed by atoms with Gasteiger partial charge in [-0.15, -0.1) is 13.2 Å². The van der Waals surface area contributed by atoms with E-state index in [-0.39, 0.29) is 55.8 Å². The Bertz CT molecular complexity index is 1440. The highest BCUT2D eigenvalue weighted by molar-refractivity contribution is 9.09. The van der Waals surface area contributed by atoms with Crippen LogP contribution in [0, 0.1) is 11.8 Å².